The van der Waals surface area contributed by atoms with Crippen LogP contribution in [0.2, 0.25) is 0 Å². The molecule has 0 atom stereocenters. The highest BCUT2D eigenvalue weighted by atomic mass is 32.1. The molecule has 0 unspecified atom stereocenters. The number of aromatic nitrogens is 1. The molecular formula is C19H18FN3O2S. The first-order chi connectivity index (χ1) is 12.7. The van der Waals surface area contributed by atoms with Crippen molar-refractivity contribution in [3.05, 3.63) is 70.5 Å². The van der Waals surface area contributed by atoms with Crippen LogP contribution in [0.3, 0.4) is 0 Å². The van der Waals surface area contributed by atoms with E-state index in [-0.39, 0.29) is 12.4 Å². The first kappa shape index (κ1) is 17.9. The van der Waals surface area contributed by atoms with E-state index in [9.17, 15) is 4.39 Å². The summed E-state index contributed by atoms with van der Waals surface area (Å²) < 4.78 is 24.6. The predicted octanol–water partition coefficient (Wildman–Crippen LogP) is 4.62. The second-order valence-corrected chi connectivity index (χ2v) is 6.31. The number of para-hydroxylation sites is 1. The molecular weight excluding hydrogens is 353 g/mol. The van der Waals surface area contributed by atoms with Crippen molar-refractivity contribution >= 4 is 22.7 Å². The molecule has 2 aromatic carbocycles. The van der Waals surface area contributed by atoms with Gasteiger partial charge in [0, 0.05) is 10.9 Å². The third kappa shape index (κ3) is 4.58. The Morgan fingerprint density at radius 2 is 2.08 bits per heavy atom. The maximum absolute atomic E-state index is 13.7. The van der Waals surface area contributed by atoms with Gasteiger partial charge in [0.15, 0.2) is 11.6 Å². The summed E-state index contributed by atoms with van der Waals surface area (Å²) in [6, 6.07) is 11.9. The topological polar surface area (TPSA) is 55.7 Å². The van der Waals surface area contributed by atoms with E-state index in [2.05, 4.69) is 15.5 Å². The molecule has 0 spiro atoms. The van der Waals surface area contributed by atoms with Crippen molar-refractivity contribution < 1.29 is 13.9 Å². The molecule has 7 heteroatoms. The molecule has 0 aliphatic rings. The molecule has 1 aromatic heterocycles. The molecule has 1 heterocycles. The number of halogens is 1. The maximum atomic E-state index is 13.7. The summed E-state index contributed by atoms with van der Waals surface area (Å²) in [5, 5.41) is 6.87. The Bertz CT molecular complexity index is 911. The summed E-state index contributed by atoms with van der Waals surface area (Å²) in [4.78, 5) is 4.28. The molecule has 0 aliphatic carbocycles. The first-order valence-corrected chi connectivity index (χ1v) is 8.79. The molecule has 0 saturated heterocycles. The SMILES string of the molecule is COc1ccc(C=NNc2nc(C)cs2)cc1COc1ccccc1F. The highest BCUT2D eigenvalue weighted by Crippen LogP contribution is 2.23. The average molecular weight is 371 g/mol. The summed E-state index contributed by atoms with van der Waals surface area (Å²) in [6.45, 7) is 2.11. The number of thiazole rings is 1. The zero-order valence-electron chi connectivity index (χ0n) is 14.4. The third-order valence-corrected chi connectivity index (χ3v) is 4.38. The summed E-state index contributed by atoms with van der Waals surface area (Å²) in [5.74, 6) is 0.476. The van der Waals surface area contributed by atoms with E-state index in [1.165, 1.54) is 17.4 Å². The summed E-state index contributed by atoms with van der Waals surface area (Å²) >= 11 is 1.49. The van der Waals surface area contributed by atoms with Gasteiger partial charge in [-0.3, -0.25) is 5.43 Å². The van der Waals surface area contributed by atoms with Crippen molar-refractivity contribution in [1.82, 2.24) is 4.98 Å². The number of hydrogen-bond acceptors (Lipinski definition) is 6. The quantitative estimate of drug-likeness (QED) is 0.486. The van der Waals surface area contributed by atoms with Gasteiger partial charge in [-0.15, -0.1) is 11.3 Å². The second-order valence-electron chi connectivity index (χ2n) is 5.45. The maximum Gasteiger partial charge on any atom is 0.203 e. The van der Waals surface area contributed by atoms with Crippen molar-refractivity contribution in [2.24, 2.45) is 5.10 Å². The van der Waals surface area contributed by atoms with Crippen LogP contribution in [0.15, 0.2) is 52.9 Å². The lowest BCUT2D eigenvalue weighted by Crippen LogP contribution is -2.01. The Morgan fingerprint density at radius 3 is 2.81 bits per heavy atom. The van der Waals surface area contributed by atoms with Crippen LogP contribution >= 0.6 is 11.3 Å². The Hall–Kier alpha value is -2.93. The Morgan fingerprint density at radius 1 is 1.23 bits per heavy atom. The third-order valence-electron chi connectivity index (χ3n) is 3.52. The number of methoxy groups -OCH3 is 1. The number of ether oxygens (including phenoxy) is 2. The smallest absolute Gasteiger partial charge is 0.203 e. The average Bonchev–Trinajstić information content (AvgIpc) is 3.06. The molecule has 1 N–H and O–H groups in total. The number of hydrogen-bond donors (Lipinski definition) is 1. The Balaban J connectivity index is 1.70. The number of rotatable bonds is 7. The van der Waals surface area contributed by atoms with Crippen LogP contribution in [0.4, 0.5) is 9.52 Å². The molecule has 26 heavy (non-hydrogen) atoms. The number of nitrogens with zero attached hydrogens (tertiary/aromatic N) is 2. The number of nitrogens with one attached hydrogen (secondary N) is 1. The molecule has 3 rings (SSSR count). The van der Waals surface area contributed by atoms with E-state index in [1.54, 1.807) is 31.5 Å². The van der Waals surface area contributed by atoms with Crippen LogP contribution in [0.1, 0.15) is 16.8 Å². The van der Waals surface area contributed by atoms with Gasteiger partial charge >= 0.3 is 0 Å². The van der Waals surface area contributed by atoms with Gasteiger partial charge in [-0.25, -0.2) is 9.37 Å². The standard InChI is InChI=1S/C19H18FN3O2S/c1-13-12-26-19(22-13)23-21-10-14-7-8-17(24-2)15(9-14)11-25-18-6-4-3-5-16(18)20/h3-10,12H,11H2,1-2H3,(H,22,23). The van der Waals surface area contributed by atoms with E-state index in [0.29, 0.717) is 5.75 Å². The molecule has 0 aliphatic heterocycles. The Kier molecular flexibility index (Phi) is 5.80. The van der Waals surface area contributed by atoms with E-state index < -0.39 is 5.82 Å². The van der Waals surface area contributed by atoms with E-state index in [4.69, 9.17) is 9.47 Å². The lowest BCUT2D eigenvalue weighted by atomic mass is 10.1. The minimum Gasteiger partial charge on any atom is -0.496 e. The van der Waals surface area contributed by atoms with Gasteiger partial charge in [-0.05, 0) is 42.8 Å². The highest BCUT2D eigenvalue weighted by molar-refractivity contribution is 7.13. The highest BCUT2D eigenvalue weighted by Gasteiger charge is 2.07. The number of hydrazone groups is 1. The van der Waals surface area contributed by atoms with Gasteiger partial charge in [-0.2, -0.15) is 5.10 Å². The lowest BCUT2D eigenvalue weighted by molar-refractivity contribution is 0.282. The van der Waals surface area contributed by atoms with Crippen molar-refractivity contribution in [3.63, 3.8) is 0 Å². The normalized spacial score (nSPS) is 10.9. The van der Waals surface area contributed by atoms with Crippen LogP contribution < -0.4 is 14.9 Å². The fraction of sp³-hybridized carbons (Fsp3) is 0.158. The molecule has 0 saturated carbocycles. The van der Waals surface area contributed by atoms with Crippen molar-refractivity contribution in [2.45, 2.75) is 13.5 Å². The Labute approximate surface area is 155 Å². The fourth-order valence-electron chi connectivity index (χ4n) is 2.28. The number of anilines is 1. The molecule has 5 nitrogen and oxygen atoms in total. The molecule has 0 bridgehead atoms. The minimum absolute atomic E-state index is 0.185. The molecule has 134 valence electrons. The van der Waals surface area contributed by atoms with Crippen molar-refractivity contribution in [1.29, 1.82) is 0 Å². The largest absolute Gasteiger partial charge is 0.496 e. The molecule has 0 radical (unpaired) electrons. The van der Waals surface area contributed by atoms with Gasteiger partial charge in [-0.1, -0.05) is 12.1 Å². The molecule has 0 amide bonds. The zero-order chi connectivity index (χ0) is 18.4. The van der Waals surface area contributed by atoms with E-state index >= 15 is 0 Å². The number of benzene rings is 2. The predicted molar refractivity (Wildman–Crippen MR) is 102 cm³/mol. The van der Waals surface area contributed by atoms with Crippen LogP contribution in [0.5, 0.6) is 11.5 Å². The van der Waals surface area contributed by atoms with Crippen LogP contribution in [-0.4, -0.2) is 18.3 Å². The molecule has 0 fully saturated rings. The number of aryl methyl sites for hydroxylation is 1. The van der Waals surface area contributed by atoms with E-state index in [1.807, 2.05) is 30.5 Å². The summed E-state index contributed by atoms with van der Waals surface area (Å²) in [5.41, 5.74) is 5.50. The van der Waals surface area contributed by atoms with Crippen LogP contribution in [-0.2, 0) is 6.61 Å². The van der Waals surface area contributed by atoms with Gasteiger partial charge in [0.05, 0.1) is 19.0 Å². The van der Waals surface area contributed by atoms with Gasteiger partial charge in [0.1, 0.15) is 12.4 Å². The fourth-order valence-corrected chi connectivity index (χ4v) is 2.91. The lowest BCUT2D eigenvalue weighted by Gasteiger charge is -2.11. The van der Waals surface area contributed by atoms with Gasteiger partial charge in [0.2, 0.25) is 5.13 Å². The van der Waals surface area contributed by atoms with Crippen molar-refractivity contribution in [3.8, 4) is 11.5 Å². The van der Waals surface area contributed by atoms with Gasteiger partial charge in [0.25, 0.3) is 0 Å². The monoisotopic (exact) mass is 371 g/mol. The zero-order valence-corrected chi connectivity index (χ0v) is 15.2. The van der Waals surface area contributed by atoms with Crippen LogP contribution in [0, 0.1) is 12.7 Å². The molecule has 3 aromatic rings. The van der Waals surface area contributed by atoms with Gasteiger partial charge < -0.3 is 9.47 Å². The minimum atomic E-state index is -0.396. The van der Waals surface area contributed by atoms with Crippen molar-refractivity contribution in [2.75, 3.05) is 12.5 Å². The summed E-state index contributed by atoms with van der Waals surface area (Å²) in [6.07, 6.45) is 1.68. The van der Waals surface area contributed by atoms with E-state index in [0.717, 1.165) is 22.0 Å². The second kappa shape index (κ2) is 8.44. The summed E-state index contributed by atoms with van der Waals surface area (Å²) in [7, 11) is 1.59. The van der Waals surface area contributed by atoms with Crippen LogP contribution in [0.25, 0.3) is 0 Å². The first-order valence-electron chi connectivity index (χ1n) is 7.91.